The Morgan fingerprint density at radius 2 is 1.82 bits per heavy atom. The lowest BCUT2D eigenvalue weighted by molar-refractivity contribution is 0.0335. The third-order valence-corrected chi connectivity index (χ3v) is 6.86. The monoisotopic (exact) mass is 381 g/mol. The van der Waals surface area contributed by atoms with E-state index in [0.29, 0.717) is 6.17 Å². The Labute approximate surface area is 169 Å². The Kier molecular flexibility index (Phi) is 6.17. The Morgan fingerprint density at radius 3 is 2.50 bits per heavy atom. The van der Waals surface area contributed by atoms with Crippen molar-refractivity contribution in [2.24, 2.45) is 0 Å². The molecule has 152 valence electrons. The molecular weight excluding hydrogens is 346 g/mol. The molecule has 1 aliphatic carbocycles. The zero-order valence-corrected chi connectivity index (χ0v) is 17.6. The highest BCUT2D eigenvalue weighted by Gasteiger charge is 2.29. The van der Waals surface area contributed by atoms with Gasteiger partial charge >= 0.3 is 0 Å². The second-order valence-corrected chi connectivity index (χ2v) is 8.69. The summed E-state index contributed by atoms with van der Waals surface area (Å²) < 4.78 is 2.44. The Hall–Kier alpha value is -1.65. The topological polar surface area (TPSA) is 28.5 Å². The number of hydrogen-bond donors (Lipinski definition) is 0. The summed E-state index contributed by atoms with van der Waals surface area (Å²) >= 11 is 0. The molecule has 0 bridgehead atoms. The van der Waals surface area contributed by atoms with Crippen LogP contribution in [0.3, 0.4) is 0 Å². The largest absolute Gasteiger partial charge is 0.331 e. The molecule has 2 fully saturated rings. The number of fused-ring (bicyclic) bond motifs is 1. The molecule has 1 aromatic carbocycles. The first-order valence-corrected chi connectivity index (χ1v) is 11.3. The minimum absolute atomic E-state index is 0.138. The van der Waals surface area contributed by atoms with Crippen molar-refractivity contribution in [2.45, 2.75) is 71.0 Å². The molecule has 4 rings (SSSR count). The van der Waals surface area contributed by atoms with Crippen LogP contribution in [0.1, 0.15) is 75.3 Å². The van der Waals surface area contributed by atoms with E-state index in [0.717, 1.165) is 24.7 Å². The normalized spacial score (nSPS) is 21.2. The highest BCUT2D eigenvalue weighted by molar-refractivity contribution is 5.98. The standard InChI is InChI=1S/C24H35N3O/c1-3-7-24(26-16-14-25(15-17-26)22-8-5-4-6-9-22)27-13-12-21-18-20(19(2)28)10-11-23(21)27/h10-13,18,22,24H,3-9,14-17H2,1-2H3. The molecule has 4 nitrogen and oxygen atoms in total. The van der Waals surface area contributed by atoms with Crippen molar-refractivity contribution in [1.82, 2.24) is 14.4 Å². The van der Waals surface area contributed by atoms with Gasteiger partial charge in [-0.3, -0.25) is 14.6 Å². The molecule has 2 aromatic rings. The molecule has 0 spiro atoms. The molecule has 1 saturated carbocycles. The summed E-state index contributed by atoms with van der Waals surface area (Å²) in [5.74, 6) is 0.138. The van der Waals surface area contributed by atoms with Gasteiger partial charge in [-0.25, -0.2) is 0 Å². The fraction of sp³-hybridized carbons (Fsp3) is 0.625. The van der Waals surface area contributed by atoms with Gasteiger partial charge < -0.3 is 4.57 Å². The number of rotatable bonds is 6. The van der Waals surface area contributed by atoms with Crippen molar-refractivity contribution in [3.63, 3.8) is 0 Å². The summed E-state index contributed by atoms with van der Waals surface area (Å²) in [6, 6.07) is 9.15. The van der Waals surface area contributed by atoms with Gasteiger partial charge in [-0.15, -0.1) is 0 Å². The van der Waals surface area contributed by atoms with Crippen molar-refractivity contribution in [1.29, 1.82) is 0 Å². The van der Waals surface area contributed by atoms with Crippen LogP contribution in [0.2, 0.25) is 0 Å². The van der Waals surface area contributed by atoms with Gasteiger partial charge in [0.1, 0.15) is 0 Å². The van der Waals surface area contributed by atoms with Crippen LogP contribution in [0.25, 0.3) is 10.9 Å². The van der Waals surface area contributed by atoms with Gasteiger partial charge in [0.05, 0.1) is 6.17 Å². The molecule has 0 radical (unpaired) electrons. The SMILES string of the molecule is CCCC(N1CCN(C2CCCCC2)CC1)n1ccc2cc(C(C)=O)ccc21. The molecule has 1 saturated heterocycles. The molecular formula is C24H35N3O. The highest BCUT2D eigenvalue weighted by Crippen LogP contribution is 2.29. The lowest BCUT2D eigenvalue weighted by Gasteiger charge is -2.43. The van der Waals surface area contributed by atoms with Crippen LogP contribution in [-0.2, 0) is 0 Å². The van der Waals surface area contributed by atoms with E-state index >= 15 is 0 Å². The number of carbonyl (C=O) groups is 1. The van der Waals surface area contributed by atoms with E-state index in [1.807, 2.05) is 12.1 Å². The van der Waals surface area contributed by atoms with Crippen molar-refractivity contribution >= 4 is 16.7 Å². The molecule has 4 heteroatoms. The highest BCUT2D eigenvalue weighted by atomic mass is 16.1. The van der Waals surface area contributed by atoms with Gasteiger partial charge in [0.2, 0.25) is 0 Å². The van der Waals surface area contributed by atoms with E-state index < -0.39 is 0 Å². The molecule has 28 heavy (non-hydrogen) atoms. The summed E-state index contributed by atoms with van der Waals surface area (Å²) in [6.07, 6.45) is 12.1. The number of aromatic nitrogens is 1. The summed E-state index contributed by atoms with van der Waals surface area (Å²) in [5.41, 5.74) is 2.05. The minimum Gasteiger partial charge on any atom is -0.331 e. The summed E-state index contributed by atoms with van der Waals surface area (Å²) in [6.45, 7) is 8.66. The number of ketones is 1. The van der Waals surface area contributed by atoms with Gasteiger partial charge in [0.15, 0.2) is 5.78 Å². The summed E-state index contributed by atoms with van der Waals surface area (Å²) in [4.78, 5) is 17.2. The van der Waals surface area contributed by atoms with Crippen LogP contribution in [0.4, 0.5) is 0 Å². The van der Waals surface area contributed by atoms with Crippen LogP contribution in [0.5, 0.6) is 0 Å². The minimum atomic E-state index is 0.138. The molecule has 1 unspecified atom stereocenters. The lowest BCUT2D eigenvalue weighted by Crippen LogP contribution is -2.52. The van der Waals surface area contributed by atoms with Crippen LogP contribution in [-0.4, -0.2) is 52.4 Å². The summed E-state index contributed by atoms with van der Waals surface area (Å²) in [7, 11) is 0. The number of piperazine rings is 1. The summed E-state index contributed by atoms with van der Waals surface area (Å²) in [5, 5.41) is 1.18. The van der Waals surface area contributed by atoms with Gasteiger partial charge in [0, 0.05) is 54.9 Å². The van der Waals surface area contributed by atoms with Crippen LogP contribution in [0, 0.1) is 0 Å². The van der Waals surface area contributed by atoms with Gasteiger partial charge in [0.25, 0.3) is 0 Å². The predicted molar refractivity (Wildman–Crippen MR) is 116 cm³/mol. The van der Waals surface area contributed by atoms with E-state index in [2.05, 4.69) is 39.6 Å². The second kappa shape index (κ2) is 8.79. The first kappa shape index (κ1) is 19.7. The van der Waals surface area contributed by atoms with Gasteiger partial charge in [-0.1, -0.05) is 32.6 Å². The zero-order valence-electron chi connectivity index (χ0n) is 17.6. The maximum absolute atomic E-state index is 11.7. The molecule has 0 N–H and O–H groups in total. The fourth-order valence-corrected chi connectivity index (χ4v) is 5.25. The molecule has 2 aliphatic rings. The van der Waals surface area contributed by atoms with E-state index in [1.165, 1.54) is 68.9 Å². The average molecular weight is 382 g/mol. The number of Topliss-reactive ketones (excluding diaryl/α,β-unsaturated/α-hetero) is 1. The van der Waals surface area contributed by atoms with Gasteiger partial charge in [-0.2, -0.15) is 0 Å². The zero-order chi connectivity index (χ0) is 19.5. The average Bonchev–Trinajstić information content (AvgIpc) is 3.16. The van der Waals surface area contributed by atoms with E-state index in [4.69, 9.17) is 0 Å². The van der Waals surface area contributed by atoms with E-state index in [9.17, 15) is 4.79 Å². The number of nitrogens with zero attached hydrogens (tertiary/aromatic N) is 3. The third-order valence-electron chi connectivity index (χ3n) is 6.86. The number of hydrogen-bond acceptors (Lipinski definition) is 3. The van der Waals surface area contributed by atoms with Crippen LogP contribution < -0.4 is 0 Å². The molecule has 1 aromatic heterocycles. The molecule has 0 amide bonds. The number of carbonyl (C=O) groups excluding carboxylic acids is 1. The first-order chi connectivity index (χ1) is 13.7. The van der Waals surface area contributed by atoms with E-state index in [1.54, 1.807) is 6.92 Å². The Balaban J connectivity index is 1.50. The lowest BCUT2D eigenvalue weighted by atomic mass is 9.94. The maximum Gasteiger partial charge on any atom is 0.159 e. The van der Waals surface area contributed by atoms with E-state index in [-0.39, 0.29) is 5.78 Å². The maximum atomic E-state index is 11.7. The smallest absolute Gasteiger partial charge is 0.159 e. The van der Waals surface area contributed by atoms with Crippen molar-refractivity contribution in [3.8, 4) is 0 Å². The van der Waals surface area contributed by atoms with Crippen molar-refractivity contribution in [3.05, 3.63) is 36.0 Å². The van der Waals surface area contributed by atoms with Crippen LogP contribution >= 0.6 is 0 Å². The Bertz CT molecular complexity index is 797. The van der Waals surface area contributed by atoms with Crippen molar-refractivity contribution in [2.75, 3.05) is 26.2 Å². The number of benzene rings is 1. The Morgan fingerprint density at radius 1 is 1.07 bits per heavy atom. The van der Waals surface area contributed by atoms with Crippen molar-refractivity contribution < 1.29 is 4.79 Å². The quantitative estimate of drug-likeness (QED) is 0.652. The molecule has 1 aliphatic heterocycles. The first-order valence-electron chi connectivity index (χ1n) is 11.3. The van der Waals surface area contributed by atoms with Gasteiger partial charge in [-0.05, 0) is 50.5 Å². The van der Waals surface area contributed by atoms with Crippen LogP contribution in [0.15, 0.2) is 30.5 Å². The fourth-order valence-electron chi connectivity index (χ4n) is 5.25. The molecule has 1 atom stereocenters. The predicted octanol–water partition coefficient (Wildman–Crippen LogP) is 5.09. The second-order valence-electron chi connectivity index (χ2n) is 8.69. The third kappa shape index (κ3) is 4.04. The molecule has 2 heterocycles.